The lowest BCUT2D eigenvalue weighted by atomic mass is 10.1. The van der Waals surface area contributed by atoms with Gasteiger partial charge in [-0.05, 0) is 38.7 Å². The first-order valence-corrected chi connectivity index (χ1v) is 9.14. The molecule has 0 saturated carbocycles. The molecule has 0 aliphatic heterocycles. The molecule has 6 nitrogen and oxygen atoms in total. The molecule has 0 amide bonds. The van der Waals surface area contributed by atoms with E-state index in [0.717, 1.165) is 11.1 Å². The third-order valence-corrected chi connectivity index (χ3v) is 4.76. The van der Waals surface area contributed by atoms with Crippen molar-refractivity contribution in [3.8, 4) is 0 Å². The zero-order valence-electron chi connectivity index (χ0n) is 15.8. The van der Waals surface area contributed by atoms with Crippen LogP contribution < -0.4 is 10.6 Å². The molecule has 2 N–H and O–H groups in total. The number of hydrogen-bond acceptors (Lipinski definition) is 3. The number of hydrogen-bond donors (Lipinski definition) is 2. The Kier molecular flexibility index (Phi) is 7.32. The predicted octanol–water partition coefficient (Wildman–Crippen LogP) is 3.26. The number of benzene rings is 1. The van der Waals surface area contributed by atoms with E-state index in [4.69, 9.17) is 23.2 Å². The van der Waals surface area contributed by atoms with Gasteiger partial charge in [0.1, 0.15) is 0 Å². The van der Waals surface area contributed by atoms with Gasteiger partial charge >= 0.3 is 0 Å². The Balaban J connectivity index is 2.02. The van der Waals surface area contributed by atoms with Crippen molar-refractivity contribution in [1.82, 2.24) is 25.3 Å². The molecule has 2 unspecified atom stereocenters. The van der Waals surface area contributed by atoms with Crippen LogP contribution in [0.1, 0.15) is 30.1 Å². The molecule has 0 radical (unpaired) electrons. The van der Waals surface area contributed by atoms with Gasteiger partial charge in [-0.25, -0.2) is 0 Å². The summed E-state index contributed by atoms with van der Waals surface area (Å²) in [5.41, 5.74) is 2.12. The van der Waals surface area contributed by atoms with Crippen LogP contribution >= 0.6 is 23.2 Å². The van der Waals surface area contributed by atoms with Gasteiger partial charge in [0.15, 0.2) is 5.96 Å². The van der Waals surface area contributed by atoms with Gasteiger partial charge in [-0.2, -0.15) is 5.10 Å². The predicted molar refractivity (Wildman–Crippen MR) is 109 cm³/mol. The first-order chi connectivity index (χ1) is 12.3. The van der Waals surface area contributed by atoms with Gasteiger partial charge in [0, 0.05) is 42.4 Å². The minimum Gasteiger partial charge on any atom is -0.354 e. The van der Waals surface area contributed by atoms with E-state index in [1.807, 2.05) is 57.3 Å². The maximum atomic E-state index is 6.30. The molecule has 1 aromatic carbocycles. The number of rotatable bonds is 6. The normalized spacial score (nSPS) is 14.4. The molecule has 26 heavy (non-hydrogen) atoms. The summed E-state index contributed by atoms with van der Waals surface area (Å²) >= 11 is 12.3. The third kappa shape index (κ3) is 5.37. The Morgan fingerprint density at radius 1 is 1.35 bits per heavy atom. The number of aromatic nitrogens is 2. The average Bonchev–Trinajstić information content (AvgIpc) is 2.99. The van der Waals surface area contributed by atoms with Crippen LogP contribution in [-0.4, -0.2) is 48.3 Å². The van der Waals surface area contributed by atoms with Gasteiger partial charge in [-0.15, -0.1) is 0 Å². The monoisotopic (exact) mass is 396 g/mol. The lowest BCUT2D eigenvalue weighted by Crippen LogP contribution is -2.42. The van der Waals surface area contributed by atoms with Gasteiger partial charge in [0.25, 0.3) is 0 Å². The zero-order valence-corrected chi connectivity index (χ0v) is 17.3. The van der Waals surface area contributed by atoms with Gasteiger partial charge in [-0.3, -0.25) is 9.67 Å². The van der Waals surface area contributed by atoms with Crippen molar-refractivity contribution >= 4 is 29.2 Å². The molecule has 0 bridgehead atoms. The van der Waals surface area contributed by atoms with E-state index < -0.39 is 0 Å². The molecular weight excluding hydrogens is 371 g/mol. The Hall–Kier alpha value is -1.76. The largest absolute Gasteiger partial charge is 0.354 e. The minimum absolute atomic E-state index is 0.0119. The van der Waals surface area contributed by atoms with E-state index in [9.17, 15) is 0 Å². The van der Waals surface area contributed by atoms with Crippen LogP contribution in [0, 0.1) is 0 Å². The summed E-state index contributed by atoms with van der Waals surface area (Å²) < 4.78 is 1.81. The summed E-state index contributed by atoms with van der Waals surface area (Å²) in [4.78, 5) is 6.47. The first kappa shape index (κ1) is 20.6. The molecular formula is C18H26Cl2N6. The maximum Gasteiger partial charge on any atom is 0.191 e. The van der Waals surface area contributed by atoms with Gasteiger partial charge in [0.05, 0.1) is 18.3 Å². The van der Waals surface area contributed by atoms with Crippen molar-refractivity contribution in [2.24, 2.45) is 12.0 Å². The summed E-state index contributed by atoms with van der Waals surface area (Å²) in [6.07, 6.45) is 3.91. The Bertz CT molecular complexity index is 756. The van der Waals surface area contributed by atoms with Crippen molar-refractivity contribution < 1.29 is 0 Å². The highest BCUT2D eigenvalue weighted by atomic mass is 35.5. The van der Waals surface area contributed by atoms with Crippen molar-refractivity contribution in [1.29, 1.82) is 0 Å². The molecule has 0 spiro atoms. The van der Waals surface area contributed by atoms with E-state index in [1.54, 1.807) is 13.1 Å². The number of nitrogens with zero attached hydrogens (tertiary/aromatic N) is 4. The second-order valence-electron chi connectivity index (χ2n) is 6.41. The van der Waals surface area contributed by atoms with Crippen LogP contribution in [0.5, 0.6) is 0 Å². The fourth-order valence-electron chi connectivity index (χ4n) is 2.73. The number of nitrogens with one attached hydrogen (secondary N) is 2. The number of aliphatic imine (C=N–C) groups is 1. The Labute approximate surface area is 165 Å². The maximum absolute atomic E-state index is 6.30. The SMILES string of the molecule is CN=C(NCC(c1cnn(C)c1)N(C)C)NC(C)c1ccc(Cl)cc1Cl. The fourth-order valence-corrected chi connectivity index (χ4v) is 3.31. The average molecular weight is 397 g/mol. The van der Waals surface area contributed by atoms with E-state index in [-0.39, 0.29) is 12.1 Å². The third-order valence-electron chi connectivity index (χ3n) is 4.20. The number of halogens is 2. The van der Waals surface area contributed by atoms with Crippen molar-refractivity contribution in [2.75, 3.05) is 27.7 Å². The molecule has 1 aromatic heterocycles. The van der Waals surface area contributed by atoms with Gasteiger partial charge < -0.3 is 15.5 Å². The highest BCUT2D eigenvalue weighted by Gasteiger charge is 2.17. The number of guanidine groups is 1. The van der Waals surface area contributed by atoms with Crippen LogP contribution in [0.2, 0.25) is 10.0 Å². The Morgan fingerprint density at radius 3 is 2.62 bits per heavy atom. The van der Waals surface area contributed by atoms with Crippen LogP contribution in [0.4, 0.5) is 0 Å². The minimum atomic E-state index is -0.0119. The van der Waals surface area contributed by atoms with Gasteiger partial charge in [0.2, 0.25) is 0 Å². The molecule has 2 atom stereocenters. The summed E-state index contributed by atoms with van der Waals surface area (Å²) in [6, 6.07) is 5.67. The van der Waals surface area contributed by atoms with Crippen molar-refractivity contribution in [3.05, 3.63) is 51.8 Å². The lowest BCUT2D eigenvalue weighted by Gasteiger charge is -2.26. The standard InChI is InChI=1S/C18H26Cl2N6/c1-12(15-7-6-14(19)8-16(15)20)24-18(21-2)22-10-17(25(3)4)13-9-23-26(5)11-13/h6-9,11-12,17H,10H2,1-5H3,(H2,21,22,24). The topological polar surface area (TPSA) is 57.5 Å². The summed E-state index contributed by atoms with van der Waals surface area (Å²) in [6.45, 7) is 2.73. The number of aryl methyl sites for hydroxylation is 1. The highest BCUT2D eigenvalue weighted by molar-refractivity contribution is 6.35. The fraction of sp³-hybridized carbons (Fsp3) is 0.444. The molecule has 8 heteroatoms. The van der Waals surface area contributed by atoms with Crippen LogP contribution in [0.3, 0.4) is 0 Å². The molecule has 0 aliphatic rings. The van der Waals surface area contributed by atoms with E-state index in [0.29, 0.717) is 22.5 Å². The van der Waals surface area contributed by atoms with Crippen molar-refractivity contribution in [2.45, 2.75) is 19.0 Å². The summed E-state index contributed by atoms with van der Waals surface area (Å²) in [5.74, 6) is 0.708. The molecule has 2 aromatic rings. The molecule has 142 valence electrons. The van der Waals surface area contributed by atoms with Crippen LogP contribution in [-0.2, 0) is 7.05 Å². The summed E-state index contributed by atoms with van der Waals surface area (Å²) in [5, 5.41) is 12.3. The Morgan fingerprint density at radius 2 is 2.08 bits per heavy atom. The van der Waals surface area contributed by atoms with Crippen LogP contribution in [0.25, 0.3) is 0 Å². The molecule has 0 aliphatic carbocycles. The quantitative estimate of drug-likeness (QED) is 0.581. The van der Waals surface area contributed by atoms with E-state index in [2.05, 4.69) is 25.6 Å². The first-order valence-electron chi connectivity index (χ1n) is 8.39. The summed E-state index contributed by atoms with van der Waals surface area (Å²) in [7, 11) is 7.76. The van der Waals surface area contributed by atoms with E-state index >= 15 is 0 Å². The van der Waals surface area contributed by atoms with Crippen LogP contribution in [0.15, 0.2) is 35.6 Å². The second-order valence-corrected chi connectivity index (χ2v) is 7.26. The lowest BCUT2D eigenvalue weighted by molar-refractivity contribution is 0.298. The molecule has 2 rings (SSSR count). The molecule has 0 saturated heterocycles. The molecule has 1 heterocycles. The van der Waals surface area contributed by atoms with Gasteiger partial charge in [-0.1, -0.05) is 29.3 Å². The number of likely N-dealkylation sites (N-methyl/N-ethyl adjacent to an activating group) is 1. The second kappa shape index (κ2) is 9.26. The highest BCUT2D eigenvalue weighted by Crippen LogP contribution is 2.26. The zero-order chi connectivity index (χ0) is 19.3. The van der Waals surface area contributed by atoms with Crippen molar-refractivity contribution in [3.63, 3.8) is 0 Å². The van der Waals surface area contributed by atoms with E-state index in [1.165, 1.54) is 0 Å². The smallest absolute Gasteiger partial charge is 0.191 e. The molecule has 0 fully saturated rings.